The van der Waals surface area contributed by atoms with E-state index in [-0.39, 0.29) is 18.4 Å². The van der Waals surface area contributed by atoms with Crippen molar-refractivity contribution in [1.82, 2.24) is 10.6 Å². The highest BCUT2D eigenvalue weighted by Gasteiger charge is 2.48. The molecule has 0 aromatic carbocycles. The van der Waals surface area contributed by atoms with E-state index in [1.54, 1.807) is 0 Å². The Morgan fingerprint density at radius 3 is 2.35 bits per heavy atom. The number of rotatable bonds is 15. The molecule has 0 unspecified atom stereocenters. The molecule has 0 aliphatic carbocycles. The van der Waals surface area contributed by atoms with Crippen LogP contribution >= 0.6 is 12.2 Å². The third kappa shape index (κ3) is 7.70. The van der Waals surface area contributed by atoms with Gasteiger partial charge in [0.1, 0.15) is 0 Å². The van der Waals surface area contributed by atoms with E-state index in [4.69, 9.17) is 22.1 Å². The Kier molecular flexibility index (Phi) is 10.7. The van der Waals surface area contributed by atoms with E-state index in [0.29, 0.717) is 29.5 Å². The Hall–Kier alpha value is -1.21. The fraction of sp³-hybridized carbons (Fsp3) is 0.875. The number of carbonyl (C=O) groups excluding carboxylic acids is 1. The number of carbonyl (C=O) groups is 2. The van der Waals surface area contributed by atoms with Crippen molar-refractivity contribution in [1.29, 1.82) is 0 Å². The molecule has 0 saturated carbocycles. The van der Waals surface area contributed by atoms with Gasteiger partial charge in [0.25, 0.3) is 0 Å². The van der Waals surface area contributed by atoms with Gasteiger partial charge in [0.05, 0.1) is 22.6 Å². The molecule has 2 bridgehead atoms. The van der Waals surface area contributed by atoms with Crippen LogP contribution in [0, 0.1) is 17.3 Å². The van der Waals surface area contributed by atoms with E-state index < -0.39 is 11.4 Å². The lowest BCUT2D eigenvalue weighted by Crippen LogP contribution is -2.49. The van der Waals surface area contributed by atoms with Crippen LogP contribution in [0.2, 0.25) is 0 Å². The number of amides is 1. The SMILES string of the molecule is CCCCCNC(=S)C(C)(C)C(=O)NC[C@H]1[C@@H](CCCCCCC(=O)O)[C@H]2CC[C@@H]1O2. The zero-order valence-corrected chi connectivity index (χ0v) is 20.4. The maximum absolute atomic E-state index is 12.9. The van der Waals surface area contributed by atoms with Gasteiger partial charge in [-0.1, -0.05) is 51.2 Å². The Bertz CT molecular complexity index is 610. The highest BCUT2D eigenvalue weighted by molar-refractivity contribution is 7.80. The molecule has 2 fully saturated rings. The summed E-state index contributed by atoms with van der Waals surface area (Å²) >= 11 is 5.52. The van der Waals surface area contributed by atoms with E-state index >= 15 is 0 Å². The first kappa shape index (κ1) is 26.0. The van der Waals surface area contributed by atoms with Crippen LogP contribution in [0.15, 0.2) is 0 Å². The predicted molar refractivity (Wildman–Crippen MR) is 127 cm³/mol. The van der Waals surface area contributed by atoms with Crippen LogP contribution in [0.4, 0.5) is 0 Å². The number of nitrogens with one attached hydrogen (secondary N) is 2. The number of unbranched alkanes of at least 4 members (excludes halogenated alkanes) is 5. The summed E-state index contributed by atoms with van der Waals surface area (Å²) in [7, 11) is 0. The van der Waals surface area contributed by atoms with Crippen LogP contribution in [0.25, 0.3) is 0 Å². The maximum atomic E-state index is 12.9. The first-order chi connectivity index (χ1) is 14.8. The number of aliphatic carboxylic acids is 1. The second-order valence-electron chi connectivity index (χ2n) is 9.76. The number of hydrogen-bond donors (Lipinski definition) is 3. The van der Waals surface area contributed by atoms with Crippen LogP contribution < -0.4 is 10.6 Å². The number of carboxylic acids is 1. The summed E-state index contributed by atoms with van der Waals surface area (Å²) in [5.41, 5.74) is -0.723. The number of carboxylic acid groups (broad SMARTS) is 1. The second-order valence-corrected chi connectivity index (χ2v) is 10.2. The molecule has 2 aliphatic heterocycles. The summed E-state index contributed by atoms with van der Waals surface area (Å²) in [6, 6.07) is 0. The molecule has 2 rings (SSSR count). The molecule has 2 aliphatic rings. The number of thiocarbonyl (C=S) groups is 1. The van der Waals surface area contributed by atoms with Gasteiger partial charge in [-0.05, 0) is 51.9 Å². The number of ether oxygens (including phenoxy) is 1. The zero-order valence-electron chi connectivity index (χ0n) is 19.6. The first-order valence-corrected chi connectivity index (χ1v) is 12.6. The molecule has 31 heavy (non-hydrogen) atoms. The van der Waals surface area contributed by atoms with Gasteiger partial charge < -0.3 is 20.5 Å². The molecule has 1 amide bonds. The smallest absolute Gasteiger partial charge is 0.303 e. The molecule has 0 spiro atoms. The summed E-state index contributed by atoms with van der Waals surface area (Å²) in [4.78, 5) is 24.2. The Morgan fingerprint density at radius 1 is 1.00 bits per heavy atom. The zero-order chi connectivity index (χ0) is 22.9. The largest absolute Gasteiger partial charge is 0.481 e. The van der Waals surface area contributed by atoms with Crippen LogP contribution in [-0.4, -0.2) is 47.3 Å². The molecule has 178 valence electrons. The van der Waals surface area contributed by atoms with Crippen LogP contribution in [0.1, 0.15) is 91.4 Å². The summed E-state index contributed by atoms with van der Waals surface area (Å²) in [5, 5.41) is 15.2. The lowest BCUT2D eigenvalue weighted by molar-refractivity contribution is -0.137. The Labute approximate surface area is 193 Å². The van der Waals surface area contributed by atoms with Crippen molar-refractivity contribution < 1.29 is 19.4 Å². The van der Waals surface area contributed by atoms with E-state index in [0.717, 1.165) is 70.8 Å². The van der Waals surface area contributed by atoms with Gasteiger partial charge in [-0.3, -0.25) is 9.59 Å². The monoisotopic (exact) mass is 454 g/mol. The van der Waals surface area contributed by atoms with E-state index in [9.17, 15) is 9.59 Å². The molecule has 3 N–H and O–H groups in total. The molecule has 0 radical (unpaired) electrons. The summed E-state index contributed by atoms with van der Waals surface area (Å²) in [6.07, 6.45) is 11.4. The van der Waals surface area contributed by atoms with Crippen molar-refractivity contribution in [2.45, 2.75) is 104 Å². The molecule has 2 heterocycles. The fourth-order valence-electron chi connectivity index (χ4n) is 4.90. The standard InChI is InChI=1S/C24H42N2O4S/c1-4-5-10-15-25-23(31)24(2,3)22(29)26-16-18-17(19-13-14-20(18)30-19)11-8-6-7-9-12-21(27)28/h17-20H,4-16H2,1-3H3,(H,25,31)(H,26,29)(H,27,28)/t17-,18+,19-,20+/m1/s1. The fourth-order valence-corrected chi connectivity index (χ4v) is 5.09. The quantitative estimate of drug-likeness (QED) is 0.250. The van der Waals surface area contributed by atoms with Crippen molar-refractivity contribution in [3.05, 3.63) is 0 Å². The van der Waals surface area contributed by atoms with Gasteiger partial charge in [0.15, 0.2) is 0 Å². The van der Waals surface area contributed by atoms with Gasteiger partial charge in [-0.2, -0.15) is 0 Å². The normalized spacial score (nSPS) is 24.9. The molecule has 7 heteroatoms. The molecular formula is C24H42N2O4S. The second kappa shape index (κ2) is 12.7. The number of fused-ring (bicyclic) bond motifs is 2. The van der Waals surface area contributed by atoms with E-state index in [1.165, 1.54) is 0 Å². The molecule has 6 nitrogen and oxygen atoms in total. The molecule has 2 saturated heterocycles. The van der Waals surface area contributed by atoms with Gasteiger partial charge in [-0.15, -0.1) is 0 Å². The van der Waals surface area contributed by atoms with Gasteiger partial charge >= 0.3 is 5.97 Å². The third-order valence-electron chi connectivity index (χ3n) is 6.97. The first-order valence-electron chi connectivity index (χ1n) is 12.2. The molecule has 4 atom stereocenters. The average Bonchev–Trinajstić information content (AvgIpc) is 3.33. The van der Waals surface area contributed by atoms with E-state index in [1.807, 2.05) is 13.8 Å². The highest BCUT2D eigenvalue weighted by atomic mass is 32.1. The van der Waals surface area contributed by atoms with Gasteiger partial charge in [0.2, 0.25) is 5.91 Å². The van der Waals surface area contributed by atoms with Crippen LogP contribution in [0.5, 0.6) is 0 Å². The molecular weight excluding hydrogens is 412 g/mol. The Balaban J connectivity index is 1.77. The predicted octanol–water partition coefficient (Wildman–Crippen LogP) is 4.45. The van der Waals surface area contributed by atoms with Gasteiger partial charge in [-0.25, -0.2) is 0 Å². The highest BCUT2D eigenvalue weighted by Crippen LogP contribution is 2.45. The van der Waals surface area contributed by atoms with Crippen molar-refractivity contribution in [3.8, 4) is 0 Å². The lowest BCUT2D eigenvalue weighted by Gasteiger charge is -2.30. The minimum Gasteiger partial charge on any atom is -0.481 e. The average molecular weight is 455 g/mol. The summed E-state index contributed by atoms with van der Waals surface area (Å²) < 4.78 is 6.18. The lowest BCUT2D eigenvalue weighted by atomic mass is 9.76. The maximum Gasteiger partial charge on any atom is 0.303 e. The van der Waals surface area contributed by atoms with Crippen molar-refractivity contribution >= 4 is 29.1 Å². The van der Waals surface area contributed by atoms with Crippen LogP contribution in [0.3, 0.4) is 0 Å². The minimum absolute atomic E-state index is 0.0179. The van der Waals surface area contributed by atoms with Crippen molar-refractivity contribution in [2.24, 2.45) is 17.3 Å². The van der Waals surface area contributed by atoms with E-state index in [2.05, 4.69) is 17.6 Å². The summed E-state index contributed by atoms with van der Waals surface area (Å²) in [6.45, 7) is 7.42. The van der Waals surface area contributed by atoms with Crippen molar-refractivity contribution in [3.63, 3.8) is 0 Å². The Morgan fingerprint density at radius 2 is 1.68 bits per heavy atom. The van der Waals surface area contributed by atoms with Gasteiger partial charge in [0, 0.05) is 25.4 Å². The minimum atomic E-state index is -0.723. The number of hydrogen-bond acceptors (Lipinski definition) is 4. The molecule has 0 aromatic heterocycles. The van der Waals surface area contributed by atoms with Crippen LogP contribution in [-0.2, 0) is 14.3 Å². The molecule has 0 aromatic rings. The third-order valence-corrected chi connectivity index (χ3v) is 7.62. The van der Waals surface area contributed by atoms with Crippen molar-refractivity contribution in [2.75, 3.05) is 13.1 Å². The summed E-state index contributed by atoms with van der Waals surface area (Å²) in [5.74, 6) is 0.121. The topological polar surface area (TPSA) is 87.7 Å².